The minimum atomic E-state index is -0.457. The summed E-state index contributed by atoms with van der Waals surface area (Å²) in [5.74, 6) is -0.264. The normalized spacial score (nSPS) is 10.3. The summed E-state index contributed by atoms with van der Waals surface area (Å²) in [7, 11) is 0. The molecule has 0 bridgehead atoms. The zero-order chi connectivity index (χ0) is 13.0. The van der Waals surface area contributed by atoms with Gasteiger partial charge in [-0.05, 0) is 13.0 Å². The molecule has 0 unspecified atom stereocenters. The van der Waals surface area contributed by atoms with Crippen LogP contribution in [0.3, 0.4) is 0 Å². The van der Waals surface area contributed by atoms with E-state index >= 15 is 0 Å². The van der Waals surface area contributed by atoms with E-state index in [0.717, 1.165) is 5.69 Å². The standard InChI is InChI=1S/C12H15FN4O/c1-2-18-12-6-11(10(14)5-9(12)13)15-7-8-3-4-16-17-8/h3-6,15H,2,7,14H2,1H3,(H,16,17). The van der Waals surface area contributed by atoms with Crippen molar-refractivity contribution in [1.82, 2.24) is 10.2 Å². The Labute approximate surface area is 104 Å². The van der Waals surface area contributed by atoms with E-state index in [-0.39, 0.29) is 5.75 Å². The van der Waals surface area contributed by atoms with Gasteiger partial charge in [0.05, 0.1) is 30.2 Å². The van der Waals surface area contributed by atoms with Gasteiger partial charge in [-0.15, -0.1) is 0 Å². The van der Waals surface area contributed by atoms with Gasteiger partial charge in [-0.25, -0.2) is 4.39 Å². The van der Waals surface area contributed by atoms with E-state index in [1.54, 1.807) is 19.2 Å². The molecule has 1 aromatic carbocycles. The summed E-state index contributed by atoms with van der Waals surface area (Å²) in [6, 6.07) is 4.65. The molecule has 2 rings (SSSR count). The van der Waals surface area contributed by atoms with Crippen molar-refractivity contribution in [3.05, 3.63) is 35.9 Å². The Morgan fingerprint density at radius 1 is 1.50 bits per heavy atom. The smallest absolute Gasteiger partial charge is 0.167 e. The summed E-state index contributed by atoms with van der Waals surface area (Å²) in [6.07, 6.45) is 1.66. The summed E-state index contributed by atoms with van der Waals surface area (Å²) < 4.78 is 18.7. The number of nitrogens with one attached hydrogen (secondary N) is 2. The Balaban J connectivity index is 2.13. The Morgan fingerprint density at radius 3 is 3.00 bits per heavy atom. The number of halogens is 1. The third-order valence-electron chi connectivity index (χ3n) is 2.43. The fraction of sp³-hybridized carbons (Fsp3) is 0.250. The van der Waals surface area contributed by atoms with Crippen molar-refractivity contribution in [3.8, 4) is 5.75 Å². The van der Waals surface area contributed by atoms with Gasteiger partial charge in [-0.2, -0.15) is 5.10 Å². The second-order valence-corrected chi connectivity index (χ2v) is 3.74. The molecule has 1 aromatic heterocycles. The van der Waals surface area contributed by atoms with E-state index in [1.807, 2.05) is 6.07 Å². The predicted molar refractivity (Wildman–Crippen MR) is 67.9 cm³/mol. The van der Waals surface area contributed by atoms with Crippen LogP contribution in [0.1, 0.15) is 12.6 Å². The van der Waals surface area contributed by atoms with Gasteiger partial charge >= 0.3 is 0 Å². The first-order valence-electron chi connectivity index (χ1n) is 5.64. The number of H-pyrrole nitrogens is 1. The number of nitrogens with zero attached hydrogens (tertiary/aromatic N) is 1. The zero-order valence-electron chi connectivity index (χ0n) is 10.0. The maximum Gasteiger partial charge on any atom is 0.167 e. The van der Waals surface area contributed by atoms with Crippen LogP contribution in [-0.2, 0) is 6.54 Å². The fourth-order valence-electron chi connectivity index (χ4n) is 1.56. The molecule has 0 aliphatic rings. The number of nitrogens with two attached hydrogens (primary N) is 1. The van der Waals surface area contributed by atoms with Crippen molar-refractivity contribution in [2.45, 2.75) is 13.5 Å². The number of nitrogen functional groups attached to an aromatic ring is 1. The SMILES string of the molecule is CCOc1cc(NCc2ccn[nH]2)c(N)cc1F. The highest BCUT2D eigenvalue weighted by Crippen LogP contribution is 2.28. The molecule has 4 N–H and O–H groups in total. The van der Waals surface area contributed by atoms with Crippen molar-refractivity contribution in [1.29, 1.82) is 0 Å². The predicted octanol–water partition coefficient (Wildman–Crippen LogP) is 2.14. The van der Waals surface area contributed by atoms with Crippen LogP contribution < -0.4 is 15.8 Å². The highest BCUT2D eigenvalue weighted by molar-refractivity contribution is 5.68. The van der Waals surface area contributed by atoms with Gasteiger partial charge in [0.15, 0.2) is 11.6 Å². The van der Waals surface area contributed by atoms with Gasteiger partial charge in [0.1, 0.15) is 0 Å². The Morgan fingerprint density at radius 2 is 2.33 bits per heavy atom. The molecule has 0 saturated carbocycles. The number of ether oxygens (including phenoxy) is 1. The molecule has 0 radical (unpaired) electrons. The third kappa shape index (κ3) is 2.71. The fourth-order valence-corrected chi connectivity index (χ4v) is 1.56. The number of rotatable bonds is 5. The lowest BCUT2D eigenvalue weighted by atomic mass is 10.2. The van der Waals surface area contributed by atoms with Crippen LogP contribution in [0.15, 0.2) is 24.4 Å². The number of benzene rings is 1. The molecule has 18 heavy (non-hydrogen) atoms. The molecule has 6 heteroatoms. The highest BCUT2D eigenvalue weighted by Gasteiger charge is 2.08. The van der Waals surface area contributed by atoms with Crippen LogP contribution in [0.25, 0.3) is 0 Å². The number of hydrogen-bond acceptors (Lipinski definition) is 4. The number of aromatic amines is 1. The molecule has 2 aromatic rings. The lowest BCUT2D eigenvalue weighted by Crippen LogP contribution is -2.05. The summed E-state index contributed by atoms with van der Waals surface area (Å²) >= 11 is 0. The van der Waals surface area contributed by atoms with Gasteiger partial charge in [-0.1, -0.05) is 0 Å². The number of aromatic nitrogens is 2. The van der Waals surface area contributed by atoms with Crippen LogP contribution >= 0.6 is 0 Å². The molecule has 0 fully saturated rings. The van der Waals surface area contributed by atoms with Crippen molar-refractivity contribution in [3.63, 3.8) is 0 Å². The molecule has 0 aliphatic carbocycles. The van der Waals surface area contributed by atoms with Crippen molar-refractivity contribution >= 4 is 11.4 Å². The average molecular weight is 250 g/mol. The lowest BCUT2D eigenvalue weighted by Gasteiger charge is -2.12. The van der Waals surface area contributed by atoms with Crippen LogP contribution in [0.4, 0.5) is 15.8 Å². The van der Waals surface area contributed by atoms with Crippen molar-refractivity contribution < 1.29 is 9.13 Å². The van der Waals surface area contributed by atoms with E-state index in [9.17, 15) is 4.39 Å². The number of hydrogen-bond donors (Lipinski definition) is 3. The van der Waals surface area contributed by atoms with Gasteiger partial charge in [-0.3, -0.25) is 5.10 Å². The topological polar surface area (TPSA) is 76.0 Å². The molecular weight excluding hydrogens is 235 g/mol. The van der Waals surface area contributed by atoms with E-state index in [1.165, 1.54) is 6.07 Å². The largest absolute Gasteiger partial charge is 0.491 e. The van der Waals surface area contributed by atoms with E-state index in [2.05, 4.69) is 15.5 Å². The molecular formula is C12H15FN4O. The maximum absolute atomic E-state index is 13.5. The Bertz CT molecular complexity index is 513. The second kappa shape index (κ2) is 5.39. The first-order valence-corrected chi connectivity index (χ1v) is 5.64. The molecule has 5 nitrogen and oxygen atoms in total. The minimum absolute atomic E-state index is 0.193. The monoisotopic (exact) mass is 250 g/mol. The molecule has 96 valence electrons. The van der Waals surface area contributed by atoms with Crippen LogP contribution in [0.2, 0.25) is 0 Å². The average Bonchev–Trinajstić information content (AvgIpc) is 2.84. The van der Waals surface area contributed by atoms with E-state index in [0.29, 0.717) is 24.5 Å². The molecule has 0 amide bonds. The van der Waals surface area contributed by atoms with E-state index < -0.39 is 5.82 Å². The third-order valence-corrected chi connectivity index (χ3v) is 2.43. The molecule has 0 atom stereocenters. The van der Waals surface area contributed by atoms with Gasteiger partial charge < -0.3 is 15.8 Å². The lowest BCUT2D eigenvalue weighted by molar-refractivity contribution is 0.322. The van der Waals surface area contributed by atoms with Crippen molar-refractivity contribution in [2.75, 3.05) is 17.7 Å². The maximum atomic E-state index is 13.5. The van der Waals surface area contributed by atoms with E-state index in [4.69, 9.17) is 10.5 Å². The quantitative estimate of drug-likeness (QED) is 0.711. The number of anilines is 2. The molecule has 0 saturated heterocycles. The Hall–Kier alpha value is -2.24. The van der Waals surface area contributed by atoms with Crippen LogP contribution in [0, 0.1) is 5.82 Å². The summed E-state index contributed by atoms with van der Waals surface area (Å²) in [4.78, 5) is 0. The minimum Gasteiger partial charge on any atom is -0.491 e. The second-order valence-electron chi connectivity index (χ2n) is 3.74. The van der Waals surface area contributed by atoms with Crippen LogP contribution in [0.5, 0.6) is 5.75 Å². The van der Waals surface area contributed by atoms with Crippen molar-refractivity contribution in [2.24, 2.45) is 0 Å². The summed E-state index contributed by atoms with van der Waals surface area (Å²) in [6.45, 7) is 2.73. The molecule has 0 aliphatic heterocycles. The van der Waals surface area contributed by atoms with Crippen LogP contribution in [-0.4, -0.2) is 16.8 Å². The van der Waals surface area contributed by atoms with Gasteiger partial charge in [0.25, 0.3) is 0 Å². The molecule has 1 heterocycles. The first kappa shape index (κ1) is 12.2. The zero-order valence-corrected chi connectivity index (χ0v) is 10.0. The Kier molecular flexibility index (Phi) is 3.66. The van der Waals surface area contributed by atoms with Gasteiger partial charge in [0, 0.05) is 18.3 Å². The molecule has 0 spiro atoms. The van der Waals surface area contributed by atoms with Gasteiger partial charge in [0.2, 0.25) is 0 Å². The summed E-state index contributed by atoms with van der Waals surface area (Å²) in [5.41, 5.74) is 7.63. The highest BCUT2D eigenvalue weighted by atomic mass is 19.1. The first-order chi connectivity index (χ1) is 8.70. The summed E-state index contributed by atoms with van der Waals surface area (Å²) in [5, 5.41) is 9.75.